The molecule has 4 rings (SSSR count). The summed E-state index contributed by atoms with van der Waals surface area (Å²) in [6.45, 7) is 4.06. The van der Waals surface area contributed by atoms with Crippen LogP contribution >= 0.6 is 11.6 Å². The summed E-state index contributed by atoms with van der Waals surface area (Å²) < 4.78 is 6.08. The molecule has 1 saturated carbocycles. The van der Waals surface area contributed by atoms with Crippen LogP contribution in [0.15, 0.2) is 55.0 Å². The van der Waals surface area contributed by atoms with E-state index in [1.165, 1.54) is 0 Å². The van der Waals surface area contributed by atoms with Crippen molar-refractivity contribution in [3.05, 3.63) is 77.1 Å². The minimum atomic E-state index is -0.450. The number of nitrogens with zero attached hydrogens (tertiary/aromatic N) is 3. The van der Waals surface area contributed by atoms with Gasteiger partial charge in [-0.2, -0.15) is 0 Å². The van der Waals surface area contributed by atoms with Crippen molar-refractivity contribution in [2.24, 2.45) is 5.92 Å². The quantitative estimate of drug-likeness (QED) is 0.664. The van der Waals surface area contributed by atoms with Crippen molar-refractivity contribution >= 4 is 23.2 Å². The van der Waals surface area contributed by atoms with Crippen molar-refractivity contribution in [2.45, 2.75) is 25.7 Å². The molecule has 148 valence electrons. The van der Waals surface area contributed by atoms with Crippen molar-refractivity contribution in [3.63, 3.8) is 0 Å². The molecule has 0 bridgehead atoms. The number of benzene rings is 1. The molecule has 1 amide bonds. The van der Waals surface area contributed by atoms with Gasteiger partial charge in [0.1, 0.15) is 5.82 Å². The largest absolute Gasteiger partial charge is 0.489 e. The average Bonchev–Trinajstić information content (AvgIpc) is 3.44. The molecule has 0 aliphatic heterocycles. The van der Waals surface area contributed by atoms with E-state index in [4.69, 9.17) is 16.3 Å². The lowest BCUT2D eigenvalue weighted by Gasteiger charge is -2.20. The van der Waals surface area contributed by atoms with E-state index in [9.17, 15) is 4.79 Å². The van der Waals surface area contributed by atoms with Gasteiger partial charge in [0, 0.05) is 16.6 Å². The van der Waals surface area contributed by atoms with Gasteiger partial charge < -0.3 is 10.1 Å². The van der Waals surface area contributed by atoms with Crippen LogP contribution in [0.1, 0.15) is 23.5 Å². The summed E-state index contributed by atoms with van der Waals surface area (Å²) in [5.41, 5.74) is 1.99. The first-order valence-corrected chi connectivity index (χ1v) is 9.76. The fourth-order valence-electron chi connectivity index (χ4n) is 3.60. The van der Waals surface area contributed by atoms with Crippen molar-refractivity contribution in [1.82, 2.24) is 15.0 Å². The second-order valence-corrected chi connectivity index (χ2v) is 7.75. The predicted molar refractivity (Wildman–Crippen MR) is 111 cm³/mol. The molecule has 2 atom stereocenters. The smallest absolute Gasteiger partial charge is 0.228 e. The van der Waals surface area contributed by atoms with E-state index in [0.29, 0.717) is 35.3 Å². The molecule has 0 saturated heterocycles. The van der Waals surface area contributed by atoms with E-state index < -0.39 is 5.41 Å². The van der Waals surface area contributed by atoms with Crippen molar-refractivity contribution in [2.75, 3.05) is 11.9 Å². The monoisotopic (exact) mass is 408 g/mol. The predicted octanol–water partition coefficient (Wildman–Crippen LogP) is 4.12. The Labute approximate surface area is 174 Å². The Morgan fingerprint density at radius 2 is 2.14 bits per heavy atom. The number of hydrogen-bond donors (Lipinski definition) is 1. The maximum atomic E-state index is 12.9. The van der Waals surface area contributed by atoms with Gasteiger partial charge in [0.2, 0.25) is 5.91 Å². The maximum Gasteiger partial charge on any atom is 0.228 e. The zero-order chi connectivity index (χ0) is 20.4. The zero-order valence-corrected chi connectivity index (χ0v) is 17.0. The van der Waals surface area contributed by atoms with Gasteiger partial charge in [-0.3, -0.25) is 9.78 Å². The van der Waals surface area contributed by atoms with Crippen LogP contribution in [0.5, 0.6) is 5.75 Å². The number of halogens is 1. The molecule has 2 aromatic heterocycles. The zero-order valence-electron chi connectivity index (χ0n) is 16.2. The first-order chi connectivity index (χ1) is 14.0. The summed E-state index contributed by atoms with van der Waals surface area (Å²) in [5.74, 6) is 1.03. The van der Waals surface area contributed by atoms with Crippen molar-refractivity contribution in [1.29, 1.82) is 0 Å². The number of rotatable bonds is 6. The summed E-state index contributed by atoms with van der Waals surface area (Å²) >= 11 is 6.23. The first kappa shape index (κ1) is 19.3. The van der Waals surface area contributed by atoms with Gasteiger partial charge in [0.25, 0.3) is 0 Å². The van der Waals surface area contributed by atoms with Gasteiger partial charge in [0.15, 0.2) is 5.75 Å². The molecular formula is C22H21ClN4O2. The highest BCUT2D eigenvalue weighted by molar-refractivity contribution is 6.30. The lowest BCUT2D eigenvalue weighted by Crippen LogP contribution is -2.26. The number of carbonyl (C=O) groups excluding carboxylic acids is 1. The Hall–Kier alpha value is -2.99. The van der Waals surface area contributed by atoms with Gasteiger partial charge in [0.05, 0.1) is 36.3 Å². The summed E-state index contributed by atoms with van der Waals surface area (Å²) in [6, 6.07) is 11.2. The third-order valence-corrected chi connectivity index (χ3v) is 5.50. The minimum Gasteiger partial charge on any atom is -0.489 e. The Bertz CT molecular complexity index is 1040. The third-order valence-electron chi connectivity index (χ3n) is 5.26. The number of pyridine rings is 1. The highest BCUT2D eigenvalue weighted by Gasteiger charge is 2.60. The van der Waals surface area contributed by atoms with Gasteiger partial charge in [-0.25, -0.2) is 9.97 Å². The number of hydrogen-bond acceptors (Lipinski definition) is 5. The Kier molecular flexibility index (Phi) is 5.20. The molecule has 3 aromatic rings. The number of nitrogens with one attached hydrogen (secondary N) is 1. The topological polar surface area (TPSA) is 77.0 Å². The van der Waals surface area contributed by atoms with Crippen LogP contribution in [0.4, 0.5) is 5.69 Å². The standard InChI is InChI=1S/C22H21ClN4O2/c1-14-20(12-25-15(2)26-14)29-13-22(16-5-3-6-17(23)9-16)10-19(22)21(28)27-18-7-4-8-24-11-18/h3-9,11-12,19H,10,13H2,1-2H3,(H,27,28)/t19?,22-/m0/s1. The van der Waals surface area contributed by atoms with Crippen molar-refractivity contribution < 1.29 is 9.53 Å². The van der Waals surface area contributed by atoms with E-state index in [2.05, 4.69) is 20.3 Å². The Morgan fingerprint density at radius 1 is 1.28 bits per heavy atom. The molecule has 1 N–H and O–H groups in total. The van der Waals surface area contributed by atoms with Crippen LogP contribution in [0, 0.1) is 19.8 Å². The second-order valence-electron chi connectivity index (χ2n) is 7.31. The van der Waals surface area contributed by atoms with Crippen molar-refractivity contribution in [3.8, 4) is 5.75 Å². The summed E-state index contributed by atoms with van der Waals surface area (Å²) in [4.78, 5) is 25.5. The number of anilines is 1. The van der Waals surface area contributed by atoms with Gasteiger partial charge in [-0.1, -0.05) is 23.7 Å². The SMILES string of the molecule is Cc1ncc(OC[C@]2(c3cccc(Cl)c3)CC2C(=O)Nc2cccnc2)c(C)n1. The third kappa shape index (κ3) is 4.07. The van der Waals surface area contributed by atoms with Crippen LogP contribution in [-0.2, 0) is 10.2 Å². The molecule has 2 heterocycles. The van der Waals surface area contributed by atoms with E-state index in [-0.39, 0.29) is 11.8 Å². The molecule has 29 heavy (non-hydrogen) atoms. The normalized spacial score (nSPS) is 20.2. The number of amides is 1. The van der Waals surface area contributed by atoms with E-state index in [1.54, 1.807) is 24.7 Å². The summed E-state index contributed by atoms with van der Waals surface area (Å²) in [7, 11) is 0. The highest BCUT2D eigenvalue weighted by atomic mass is 35.5. The van der Waals surface area contributed by atoms with E-state index in [1.807, 2.05) is 44.2 Å². The lowest BCUT2D eigenvalue weighted by molar-refractivity contribution is -0.117. The number of aromatic nitrogens is 3. The molecule has 1 unspecified atom stereocenters. The Balaban J connectivity index is 1.57. The van der Waals surface area contributed by atoms with Crippen LogP contribution in [0.25, 0.3) is 0 Å². The first-order valence-electron chi connectivity index (χ1n) is 9.38. The Morgan fingerprint density at radius 3 is 2.86 bits per heavy atom. The number of ether oxygens (including phenoxy) is 1. The molecular weight excluding hydrogens is 388 g/mol. The fourth-order valence-corrected chi connectivity index (χ4v) is 3.79. The van der Waals surface area contributed by atoms with Crippen LogP contribution in [0.3, 0.4) is 0 Å². The molecule has 7 heteroatoms. The minimum absolute atomic E-state index is 0.0570. The average molecular weight is 409 g/mol. The molecule has 1 aromatic carbocycles. The number of aryl methyl sites for hydroxylation is 2. The highest BCUT2D eigenvalue weighted by Crippen LogP contribution is 2.55. The van der Waals surface area contributed by atoms with Crippen LogP contribution < -0.4 is 10.1 Å². The van der Waals surface area contributed by atoms with Crippen LogP contribution in [0.2, 0.25) is 5.02 Å². The summed E-state index contributed by atoms with van der Waals surface area (Å²) in [5, 5.41) is 3.58. The van der Waals surface area contributed by atoms with E-state index in [0.717, 1.165) is 11.3 Å². The lowest BCUT2D eigenvalue weighted by atomic mass is 9.93. The molecule has 0 spiro atoms. The fraction of sp³-hybridized carbons (Fsp3) is 0.273. The van der Waals surface area contributed by atoms with Gasteiger partial charge in [-0.15, -0.1) is 0 Å². The maximum absolute atomic E-state index is 12.9. The van der Waals surface area contributed by atoms with Gasteiger partial charge in [-0.05, 0) is 50.1 Å². The second kappa shape index (κ2) is 7.79. The van der Waals surface area contributed by atoms with E-state index >= 15 is 0 Å². The molecule has 1 aliphatic carbocycles. The van der Waals surface area contributed by atoms with Crippen LogP contribution in [-0.4, -0.2) is 27.5 Å². The molecule has 1 aliphatic rings. The molecule has 1 fully saturated rings. The summed E-state index contributed by atoms with van der Waals surface area (Å²) in [6.07, 6.45) is 5.65. The number of carbonyl (C=O) groups is 1. The van der Waals surface area contributed by atoms with Gasteiger partial charge >= 0.3 is 0 Å². The molecule has 0 radical (unpaired) electrons. The molecule has 6 nitrogen and oxygen atoms in total.